The lowest BCUT2D eigenvalue weighted by Crippen LogP contribution is -2.23. The van der Waals surface area contributed by atoms with Gasteiger partial charge >= 0.3 is 17.9 Å². The highest BCUT2D eigenvalue weighted by Gasteiger charge is 2.30. The van der Waals surface area contributed by atoms with E-state index in [1.54, 1.807) is 6.92 Å². The number of cyclic esters (lactones) is 1. The molecule has 2 N–H and O–H groups in total. The molecule has 2 heterocycles. The molecule has 10 heteroatoms. The predicted octanol–water partition coefficient (Wildman–Crippen LogP) is 0.186. The van der Waals surface area contributed by atoms with Gasteiger partial charge in [-0.05, 0) is 6.92 Å². The second-order valence-corrected chi connectivity index (χ2v) is 5.34. The van der Waals surface area contributed by atoms with Crippen molar-refractivity contribution in [2.24, 2.45) is 0 Å². The first-order chi connectivity index (χ1) is 11.0. The van der Waals surface area contributed by atoms with Gasteiger partial charge in [-0.25, -0.2) is 19.6 Å². The third-order valence-corrected chi connectivity index (χ3v) is 3.61. The number of esters is 3. The van der Waals surface area contributed by atoms with Crippen LogP contribution in [0.2, 0.25) is 0 Å². The molecule has 1 aromatic heterocycles. The standard InChI is InChI=1S/C13H15N3O6S/c1-2-20-11(18)7-5-15-13(16-10(7)14)23-6-9(17)22-8-3-4-21-12(8)19/h5,8H,2-4,6H2,1H3,(H2,14,15,16). The second-order valence-electron chi connectivity index (χ2n) is 4.40. The Balaban J connectivity index is 1.88. The van der Waals surface area contributed by atoms with Crippen LogP contribution in [-0.4, -0.2) is 52.9 Å². The largest absolute Gasteiger partial charge is 0.463 e. The molecule has 124 valence electrons. The average molecular weight is 341 g/mol. The predicted molar refractivity (Wildman–Crippen MR) is 78.6 cm³/mol. The fourth-order valence-corrected chi connectivity index (χ4v) is 2.32. The van der Waals surface area contributed by atoms with Crippen molar-refractivity contribution in [2.45, 2.75) is 24.6 Å². The average Bonchev–Trinajstić information content (AvgIpc) is 2.90. The fraction of sp³-hybridized carbons (Fsp3) is 0.462. The number of nitrogen functional groups attached to an aromatic ring is 1. The van der Waals surface area contributed by atoms with Crippen LogP contribution in [0, 0.1) is 0 Å². The number of nitrogens with two attached hydrogens (primary N) is 1. The second kappa shape index (κ2) is 7.77. The van der Waals surface area contributed by atoms with Crippen molar-refractivity contribution in [3.8, 4) is 0 Å². The van der Waals surface area contributed by atoms with E-state index in [4.69, 9.17) is 19.9 Å². The first kappa shape index (κ1) is 17.0. The van der Waals surface area contributed by atoms with Gasteiger partial charge in [0.25, 0.3) is 0 Å². The number of rotatable bonds is 6. The Kier molecular flexibility index (Phi) is 5.74. The molecule has 1 fully saturated rings. The van der Waals surface area contributed by atoms with Crippen LogP contribution in [0.1, 0.15) is 23.7 Å². The van der Waals surface area contributed by atoms with Gasteiger partial charge in [-0.3, -0.25) is 4.79 Å². The Bertz CT molecular complexity index is 624. The number of hydrogen-bond acceptors (Lipinski definition) is 10. The maximum atomic E-state index is 11.7. The van der Waals surface area contributed by atoms with Crippen LogP contribution in [0.25, 0.3) is 0 Å². The summed E-state index contributed by atoms with van der Waals surface area (Å²) in [6.45, 7) is 2.13. The molecular formula is C13H15N3O6S. The highest BCUT2D eigenvalue weighted by molar-refractivity contribution is 7.99. The highest BCUT2D eigenvalue weighted by Crippen LogP contribution is 2.18. The number of carbonyl (C=O) groups is 3. The van der Waals surface area contributed by atoms with E-state index >= 15 is 0 Å². The molecule has 23 heavy (non-hydrogen) atoms. The normalized spacial score (nSPS) is 16.7. The fourth-order valence-electron chi connectivity index (χ4n) is 1.71. The van der Waals surface area contributed by atoms with E-state index < -0.39 is 24.0 Å². The first-order valence-corrected chi connectivity index (χ1v) is 7.78. The van der Waals surface area contributed by atoms with Gasteiger partial charge in [0.05, 0.1) is 19.0 Å². The van der Waals surface area contributed by atoms with Crippen molar-refractivity contribution in [1.82, 2.24) is 9.97 Å². The molecule has 0 spiro atoms. The van der Waals surface area contributed by atoms with Gasteiger partial charge in [0, 0.05) is 12.6 Å². The van der Waals surface area contributed by atoms with Crippen LogP contribution >= 0.6 is 11.8 Å². The lowest BCUT2D eigenvalue weighted by molar-refractivity contribution is -0.158. The Hall–Kier alpha value is -2.36. The molecule has 1 aromatic rings. The van der Waals surface area contributed by atoms with E-state index in [0.29, 0.717) is 6.42 Å². The number of thioether (sulfide) groups is 1. The topological polar surface area (TPSA) is 131 Å². The first-order valence-electron chi connectivity index (χ1n) is 6.79. The maximum absolute atomic E-state index is 11.7. The zero-order valence-corrected chi connectivity index (χ0v) is 13.1. The highest BCUT2D eigenvalue weighted by atomic mass is 32.2. The Labute approximate surface area is 135 Å². The van der Waals surface area contributed by atoms with E-state index in [-0.39, 0.29) is 35.5 Å². The number of aromatic nitrogens is 2. The van der Waals surface area contributed by atoms with E-state index in [1.165, 1.54) is 6.20 Å². The van der Waals surface area contributed by atoms with Crippen LogP contribution in [0.4, 0.5) is 5.82 Å². The summed E-state index contributed by atoms with van der Waals surface area (Å²) in [5.41, 5.74) is 5.73. The summed E-state index contributed by atoms with van der Waals surface area (Å²) in [5, 5.41) is 0.210. The van der Waals surface area contributed by atoms with Crippen molar-refractivity contribution in [3.63, 3.8) is 0 Å². The van der Waals surface area contributed by atoms with Crippen LogP contribution in [-0.2, 0) is 23.8 Å². The molecule has 1 saturated heterocycles. The smallest absolute Gasteiger partial charge is 0.347 e. The Morgan fingerprint density at radius 3 is 2.91 bits per heavy atom. The third-order valence-electron chi connectivity index (χ3n) is 2.77. The molecule has 1 unspecified atom stereocenters. The lowest BCUT2D eigenvalue weighted by atomic mass is 10.3. The molecule has 0 aliphatic carbocycles. The summed E-state index contributed by atoms with van der Waals surface area (Å²) in [6.07, 6.45) is 0.746. The minimum atomic E-state index is -0.847. The summed E-state index contributed by atoms with van der Waals surface area (Å²) in [6, 6.07) is 0. The molecule has 0 aromatic carbocycles. The summed E-state index contributed by atoms with van der Waals surface area (Å²) < 4.78 is 14.5. The molecule has 0 saturated carbocycles. The molecule has 0 radical (unpaired) electrons. The summed E-state index contributed by atoms with van der Waals surface area (Å²) in [4.78, 5) is 42.3. The number of carbonyl (C=O) groups excluding carboxylic acids is 3. The van der Waals surface area contributed by atoms with Gasteiger partial charge in [0.15, 0.2) is 5.16 Å². The third kappa shape index (κ3) is 4.55. The van der Waals surface area contributed by atoms with E-state index in [2.05, 4.69) is 9.97 Å². The lowest BCUT2D eigenvalue weighted by Gasteiger charge is -2.08. The van der Waals surface area contributed by atoms with E-state index in [1.807, 2.05) is 0 Å². The Morgan fingerprint density at radius 2 is 2.30 bits per heavy atom. The number of ether oxygens (including phenoxy) is 3. The van der Waals surface area contributed by atoms with Crippen molar-refractivity contribution in [1.29, 1.82) is 0 Å². The van der Waals surface area contributed by atoms with Crippen molar-refractivity contribution in [3.05, 3.63) is 11.8 Å². The molecule has 1 atom stereocenters. The van der Waals surface area contributed by atoms with Gasteiger partial charge in [-0.2, -0.15) is 0 Å². The summed E-state index contributed by atoms with van der Waals surface area (Å²) in [7, 11) is 0. The number of hydrogen-bond donors (Lipinski definition) is 1. The van der Waals surface area contributed by atoms with E-state index in [0.717, 1.165) is 11.8 Å². The summed E-state index contributed by atoms with van der Waals surface area (Å²) in [5.74, 6) is -1.87. The molecule has 2 rings (SSSR count). The van der Waals surface area contributed by atoms with Crippen molar-refractivity contribution in [2.75, 3.05) is 24.7 Å². The maximum Gasteiger partial charge on any atom is 0.347 e. The van der Waals surface area contributed by atoms with Gasteiger partial charge in [-0.1, -0.05) is 11.8 Å². The van der Waals surface area contributed by atoms with Crippen molar-refractivity contribution < 1.29 is 28.6 Å². The minimum Gasteiger partial charge on any atom is -0.463 e. The van der Waals surface area contributed by atoms with Gasteiger partial charge < -0.3 is 19.9 Å². The Morgan fingerprint density at radius 1 is 1.52 bits per heavy atom. The summed E-state index contributed by atoms with van der Waals surface area (Å²) >= 11 is 0.980. The molecule has 0 amide bonds. The van der Waals surface area contributed by atoms with Crippen LogP contribution < -0.4 is 5.73 Å². The van der Waals surface area contributed by atoms with Crippen LogP contribution in [0.15, 0.2) is 11.4 Å². The zero-order valence-electron chi connectivity index (χ0n) is 12.3. The monoisotopic (exact) mass is 341 g/mol. The molecule has 1 aliphatic rings. The number of nitrogens with zero attached hydrogens (tertiary/aromatic N) is 2. The van der Waals surface area contributed by atoms with Crippen molar-refractivity contribution >= 4 is 35.5 Å². The zero-order chi connectivity index (χ0) is 16.8. The van der Waals surface area contributed by atoms with Crippen LogP contribution in [0.5, 0.6) is 0 Å². The molecule has 0 bridgehead atoms. The van der Waals surface area contributed by atoms with Crippen LogP contribution in [0.3, 0.4) is 0 Å². The minimum absolute atomic E-state index is 0.0336. The van der Waals surface area contributed by atoms with Gasteiger partial charge in [0.1, 0.15) is 11.4 Å². The molecule has 1 aliphatic heterocycles. The van der Waals surface area contributed by atoms with E-state index in [9.17, 15) is 14.4 Å². The van der Waals surface area contributed by atoms with Gasteiger partial charge in [0.2, 0.25) is 6.10 Å². The quantitative estimate of drug-likeness (QED) is 0.331. The number of anilines is 1. The molecular weight excluding hydrogens is 326 g/mol. The molecule has 9 nitrogen and oxygen atoms in total. The van der Waals surface area contributed by atoms with Gasteiger partial charge in [-0.15, -0.1) is 0 Å². The SMILES string of the molecule is CCOC(=O)c1cnc(SCC(=O)OC2CCOC2=O)nc1N.